The van der Waals surface area contributed by atoms with Crippen LogP contribution < -0.4 is 0 Å². The van der Waals surface area contributed by atoms with E-state index in [-0.39, 0.29) is 0 Å². The minimum atomic E-state index is 0.539. The average molecular weight is 152 g/mol. The first-order valence-electron chi connectivity index (χ1n) is 4.62. The summed E-state index contributed by atoms with van der Waals surface area (Å²) in [7, 11) is 0. The van der Waals surface area contributed by atoms with E-state index in [4.69, 9.17) is 6.42 Å². The summed E-state index contributed by atoms with van der Waals surface area (Å²) >= 11 is 0. The Balaban J connectivity index is 3.62. The van der Waals surface area contributed by atoms with Crippen LogP contribution in [0.25, 0.3) is 0 Å². The quantitative estimate of drug-likeness (QED) is 0.417. The molecule has 0 spiro atoms. The fourth-order valence-corrected chi connectivity index (χ4v) is 1.22. The van der Waals surface area contributed by atoms with Gasteiger partial charge in [-0.2, -0.15) is 0 Å². The molecule has 0 fully saturated rings. The minimum absolute atomic E-state index is 0.539. The SMILES string of the molecule is C#CCCCC(C)(CC)CC. The van der Waals surface area contributed by atoms with Crippen molar-refractivity contribution >= 4 is 0 Å². The van der Waals surface area contributed by atoms with Crippen LogP contribution in [0.5, 0.6) is 0 Å². The molecule has 0 bridgehead atoms. The summed E-state index contributed by atoms with van der Waals surface area (Å²) < 4.78 is 0. The molecule has 0 N–H and O–H groups in total. The van der Waals surface area contributed by atoms with Crippen molar-refractivity contribution in [2.45, 2.75) is 52.9 Å². The average Bonchev–Trinajstić information content (AvgIpc) is 2.05. The van der Waals surface area contributed by atoms with Crippen molar-refractivity contribution < 1.29 is 0 Å². The first-order valence-corrected chi connectivity index (χ1v) is 4.62. The maximum absolute atomic E-state index is 5.19. The molecule has 0 aromatic carbocycles. The summed E-state index contributed by atoms with van der Waals surface area (Å²) in [5.74, 6) is 2.69. The van der Waals surface area contributed by atoms with Gasteiger partial charge in [0.25, 0.3) is 0 Å². The maximum atomic E-state index is 5.19. The van der Waals surface area contributed by atoms with E-state index in [2.05, 4.69) is 26.7 Å². The van der Waals surface area contributed by atoms with Crippen LogP contribution in [0.1, 0.15) is 52.9 Å². The molecule has 0 nitrogen and oxygen atoms in total. The highest BCUT2D eigenvalue weighted by Gasteiger charge is 2.17. The summed E-state index contributed by atoms with van der Waals surface area (Å²) in [5, 5.41) is 0. The molecular weight excluding hydrogens is 132 g/mol. The van der Waals surface area contributed by atoms with E-state index in [1.807, 2.05) is 0 Å². The van der Waals surface area contributed by atoms with E-state index >= 15 is 0 Å². The van der Waals surface area contributed by atoms with Gasteiger partial charge in [-0.15, -0.1) is 12.3 Å². The smallest absolute Gasteiger partial charge is 0.00862 e. The van der Waals surface area contributed by atoms with Crippen LogP contribution in [0, 0.1) is 17.8 Å². The zero-order valence-corrected chi connectivity index (χ0v) is 8.11. The molecule has 0 aliphatic heterocycles. The highest BCUT2D eigenvalue weighted by Crippen LogP contribution is 2.31. The van der Waals surface area contributed by atoms with Gasteiger partial charge in [-0.25, -0.2) is 0 Å². The number of unbranched alkanes of at least 4 members (excludes halogenated alkanes) is 1. The standard InChI is InChI=1S/C11H20/c1-5-8-9-10-11(4,6-2)7-3/h1H,6-10H2,2-4H3. The van der Waals surface area contributed by atoms with Gasteiger partial charge in [-0.1, -0.05) is 33.6 Å². The molecule has 11 heavy (non-hydrogen) atoms. The van der Waals surface area contributed by atoms with Crippen LogP contribution in [0.4, 0.5) is 0 Å². The first-order chi connectivity index (χ1) is 5.18. The third kappa shape index (κ3) is 4.09. The maximum Gasteiger partial charge on any atom is 0.00862 e. The molecule has 0 radical (unpaired) electrons. The molecular formula is C11H20. The largest absolute Gasteiger partial charge is 0.120 e. The van der Waals surface area contributed by atoms with Gasteiger partial charge in [0, 0.05) is 6.42 Å². The molecule has 0 heteroatoms. The van der Waals surface area contributed by atoms with Crippen LogP contribution in [0.3, 0.4) is 0 Å². The Hall–Kier alpha value is -0.440. The molecule has 0 rings (SSSR count). The summed E-state index contributed by atoms with van der Waals surface area (Å²) in [4.78, 5) is 0. The lowest BCUT2D eigenvalue weighted by Crippen LogP contribution is -2.13. The molecule has 64 valence electrons. The second-order valence-corrected chi connectivity index (χ2v) is 3.58. The summed E-state index contributed by atoms with van der Waals surface area (Å²) in [6, 6.07) is 0. The molecule has 0 heterocycles. The number of terminal acetylenes is 1. The van der Waals surface area contributed by atoms with E-state index < -0.39 is 0 Å². The van der Waals surface area contributed by atoms with Crippen molar-refractivity contribution in [1.29, 1.82) is 0 Å². The van der Waals surface area contributed by atoms with Crippen molar-refractivity contribution in [2.24, 2.45) is 5.41 Å². The van der Waals surface area contributed by atoms with Crippen molar-refractivity contribution in [1.82, 2.24) is 0 Å². The summed E-state index contributed by atoms with van der Waals surface area (Å²) in [6.07, 6.45) is 11.1. The Morgan fingerprint density at radius 2 is 1.82 bits per heavy atom. The second kappa shape index (κ2) is 5.24. The molecule has 0 aromatic rings. The predicted octanol–water partition coefficient (Wildman–Crippen LogP) is 3.62. The lowest BCUT2D eigenvalue weighted by molar-refractivity contribution is 0.267. The number of hydrogen-bond donors (Lipinski definition) is 0. The van der Waals surface area contributed by atoms with Crippen LogP contribution in [-0.4, -0.2) is 0 Å². The van der Waals surface area contributed by atoms with Gasteiger partial charge in [-0.3, -0.25) is 0 Å². The number of hydrogen-bond acceptors (Lipinski definition) is 0. The Morgan fingerprint density at radius 1 is 1.27 bits per heavy atom. The molecule has 0 amide bonds. The lowest BCUT2D eigenvalue weighted by atomic mass is 9.80. The van der Waals surface area contributed by atoms with Gasteiger partial charge in [0.1, 0.15) is 0 Å². The van der Waals surface area contributed by atoms with Crippen LogP contribution in [0.15, 0.2) is 0 Å². The van der Waals surface area contributed by atoms with Crippen LogP contribution in [-0.2, 0) is 0 Å². The zero-order chi connectivity index (χ0) is 8.74. The molecule has 0 saturated carbocycles. The second-order valence-electron chi connectivity index (χ2n) is 3.58. The molecule has 0 aliphatic rings. The Kier molecular flexibility index (Phi) is 5.03. The molecule has 0 atom stereocenters. The van der Waals surface area contributed by atoms with Crippen molar-refractivity contribution in [2.75, 3.05) is 0 Å². The Bertz CT molecular complexity index is 123. The van der Waals surface area contributed by atoms with Crippen molar-refractivity contribution in [3.63, 3.8) is 0 Å². The predicted molar refractivity (Wildman–Crippen MR) is 51.4 cm³/mol. The minimum Gasteiger partial charge on any atom is -0.120 e. The van der Waals surface area contributed by atoms with Gasteiger partial charge in [0.15, 0.2) is 0 Å². The third-order valence-corrected chi connectivity index (χ3v) is 2.81. The van der Waals surface area contributed by atoms with Crippen LogP contribution >= 0.6 is 0 Å². The van der Waals surface area contributed by atoms with E-state index in [0.29, 0.717) is 5.41 Å². The first kappa shape index (κ1) is 10.6. The normalized spacial score (nSPS) is 11.1. The zero-order valence-electron chi connectivity index (χ0n) is 8.11. The fourth-order valence-electron chi connectivity index (χ4n) is 1.22. The lowest BCUT2D eigenvalue weighted by Gasteiger charge is -2.25. The van der Waals surface area contributed by atoms with E-state index in [0.717, 1.165) is 6.42 Å². The van der Waals surface area contributed by atoms with Crippen molar-refractivity contribution in [3.8, 4) is 12.3 Å². The van der Waals surface area contributed by atoms with Crippen LogP contribution in [0.2, 0.25) is 0 Å². The molecule has 0 aromatic heterocycles. The van der Waals surface area contributed by atoms with Gasteiger partial charge < -0.3 is 0 Å². The Labute approximate surface area is 71.4 Å². The fraction of sp³-hybridized carbons (Fsp3) is 0.818. The van der Waals surface area contributed by atoms with Gasteiger partial charge in [0.05, 0.1) is 0 Å². The van der Waals surface area contributed by atoms with Crippen molar-refractivity contribution in [3.05, 3.63) is 0 Å². The molecule has 0 unspecified atom stereocenters. The topological polar surface area (TPSA) is 0 Å². The highest BCUT2D eigenvalue weighted by atomic mass is 14.2. The van der Waals surface area contributed by atoms with E-state index in [1.165, 1.54) is 25.7 Å². The Morgan fingerprint density at radius 3 is 2.18 bits per heavy atom. The summed E-state index contributed by atoms with van der Waals surface area (Å²) in [6.45, 7) is 6.88. The van der Waals surface area contributed by atoms with Gasteiger partial charge >= 0.3 is 0 Å². The third-order valence-electron chi connectivity index (χ3n) is 2.81. The summed E-state index contributed by atoms with van der Waals surface area (Å²) in [5.41, 5.74) is 0.539. The van der Waals surface area contributed by atoms with Gasteiger partial charge in [-0.05, 0) is 18.3 Å². The molecule has 0 saturated heterocycles. The van der Waals surface area contributed by atoms with E-state index in [1.54, 1.807) is 0 Å². The highest BCUT2D eigenvalue weighted by molar-refractivity contribution is 4.84. The van der Waals surface area contributed by atoms with E-state index in [9.17, 15) is 0 Å². The molecule has 0 aliphatic carbocycles. The number of rotatable bonds is 5. The van der Waals surface area contributed by atoms with Gasteiger partial charge in [0.2, 0.25) is 0 Å². The monoisotopic (exact) mass is 152 g/mol.